The number of fused-ring (bicyclic) bond motifs is 2. The van der Waals surface area contributed by atoms with Crippen LogP contribution >= 0.6 is 0 Å². The zero-order valence-electron chi connectivity index (χ0n) is 14.5. The molecule has 27 heavy (non-hydrogen) atoms. The number of carbonyl (C=O) groups excluding carboxylic acids is 1. The highest BCUT2D eigenvalue weighted by Crippen LogP contribution is 2.41. The van der Waals surface area contributed by atoms with E-state index in [1.165, 1.54) is 12.1 Å². The lowest BCUT2D eigenvalue weighted by atomic mass is 9.97. The number of para-hydroxylation sites is 1. The minimum Gasteiger partial charge on any atom is -0.361 e. The zero-order valence-corrected chi connectivity index (χ0v) is 14.5. The number of nitrogens with one attached hydrogen (secondary N) is 1. The number of halogens is 1. The van der Waals surface area contributed by atoms with Crippen LogP contribution in [-0.4, -0.2) is 15.8 Å². The molecule has 0 fully saturated rings. The second kappa shape index (κ2) is 6.09. The molecule has 1 aromatic heterocycles. The van der Waals surface area contributed by atoms with Crippen molar-refractivity contribution in [2.45, 2.75) is 12.6 Å². The van der Waals surface area contributed by atoms with Gasteiger partial charge in [0.15, 0.2) is 0 Å². The van der Waals surface area contributed by atoms with E-state index in [0.717, 1.165) is 33.2 Å². The van der Waals surface area contributed by atoms with Gasteiger partial charge in [-0.3, -0.25) is 4.79 Å². The summed E-state index contributed by atoms with van der Waals surface area (Å²) in [6.07, 6.45) is 1.99. The van der Waals surface area contributed by atoms with E-state index >= 15 is 0 Å². The van der Waals surface area contributed by atoms with Gasteiger partial charge in [-0.15, -0.1) is 0 Å². The molecule has 0 aliphatic carbocycles. The summed E-state index contributed by atoms with van der Waals surface area (Å²) in [6, 6.07) is 22.0. The number of benzene rings is 3. The van der Waals surface area contributed by atoms with Gasteiger partial charge in [-0.2, -0.15) is 0 Å². The Morgan fingerprint density at radius 3 is 2.48 bits per heavy atom. The SMILES string of the molecule is O=C1c2ccccc2[C@H](c2c[nH]c3ccccc23)N1Cc1ccc(F)cc1. The van der Waals surface area contributed by atoms with Crippen LogP contribution in [0.15, 0.2) is 79.0 Å². The molecule has 0 unspecified atom stereocenters. The molecule has 4 heteroatoms. The fourth-order valence-electron chi connectivity index (χ4n) is 3.98. The molecule has 0 saturated heterocycles. The van der Waals surface area contributed by atoms with Crippen molar-refractivity contribution in [2.24, 2.45) is 0 Å². The van der Waals surface area contributed by atoms with Gasteiger partial charge in [0.1, 0.15) is 5.82 Å². The third-order valence-electron chi connectivity index (χ3n) is 5.24. The Bertz CT molecular complexity index is 1150. The number of H-pyrrole nitrogens is 1. The van der Waals surface area contributed by atoms with Gasteiger partial charge in [0, 0.05) is 34.8 Å². The van der Waals surface area contributed by atoms with Crippen molar-refractivity contribution < 1.29 is 9.18 Å². The third-order valence-corrected chi connectivity index (χ3v) is 5.24. The lowest BCUT2D eigenvalue weighted by molar-refractivity contribution is 0.0737. The Morgan fingerprint density at radius 1 is 0.889 bits per heavy atom. The number of aromatic nitrogens is 1. The van der Waals surface area contributed by atoms with Crippen LogP contribution in [0.5, 0.6) is 0 Å². The largest absolute Gasteiger partial charge is 0.361 e. The van der Waals surface area contributed by atoms with E-state index in [9.17, 15) is 9.18 Å². The van der Waals surface area contributed by atoms with Gasteiger partial charge in [-0.05, 0) is 35.4 Å². The van der Waals surface area contributed by atoms with E-state index in [1.807, 2.05) is 53.6 Å². The Hall–Kier alpha value is -3.40. The standard InChI is InChI=1S/C23H17FN2O/c24-16-11-9-15(10-12-16)14-26-22(18-6-1-2-7-19(18)23(26)27)20-13-25-21-8-4-3-5-17(20)21/h1-13,22,25H,14H2/t22-/m1/s1. The topological polar surface area (TPSA) is 36.1 Å². The molecule has 1 aliphatic heterocycles. The second-order valence-corrected chi connectivity index (χ2v) is 6.84. The molecule has 0 spiro atoms. The predicted molar refractivity (Wildman–Crippen MR) is 103 cm³/mol. The Balaban J connectivity index is 1.64. The van der Waals surface area contributed by atoms with Crippen LogP contribution in [0.3, 0.4) is 0 Å². The van der Waals surface area contributed by atoms with E-state index in [4.69, 9.17) is 0 Å². The fourth-order valence-corrected chi connectivity index (χ4v) is 3.98. The highest BCUT2D eigenvalue weighted by atomic mass is 19.1. The van der Waals surface area contributed by atoms with E-state index in [2.05, 4.69) is 11.1 Å². The summed E-state index contributed by atoms with van der Waals surface area (Å²) in [4.78, 5) is 18.3. The molecule has 1 atom stereocenters. The molecule has 1 amide bonds. The van der Waals surface area contributed by atoms with Crippen LogP contribution in [-0.2, 0) is 6.54 Å². The second-order valence-electron chi connectivity index (χ2n) is 6.84. The van der Waals surface area contributed by atoms with Gasteiger partial charge in [-0.25, -0.2) is 4.39 Å². The molecule has 0 saturated carbocycles. The number of aromatic amines is 1. The summed E-state index contributed by atoms with van der Waals surface area (Å²) in [7, 11) is 0. The molecule has 2 heterocycles. The van der Waals surface area contributed by atoms with Gasteiger partial charge in [0.25, 0.3) is 5.91 Å². The number of hydrogen-bond donors (Lipinski definition) is 1. The normalized spacial score (nSPS) is 16.1. The maximum absolute atomic E-state index is 13.3. The van der Waals surface area contributed by atoms with Crippen molar-refractivity contribution in [3.8, 4) is 0 Å². The first-order valence-corrected chi connectivity index (χ1v) is 8.93. The quantitative estimate of drug-likeness (QED) is 0.548. The van der Waals surface area contributed by atoms with E-state index in [1.54, 1.807) is 12.1 Å². The molecule has 4 aromatic rings. The summed E-state index contributed by atoms with van der Waals surface area (Å²) in [6.45, 7) is 0.429. The molecule has 0 bridgehead atoms. The number of rotatable bonds is 3. The van der Waals surface area contributed by atoms with Gasteiger partial charge in [0.05, 0.1) is 6.04 Å². The van der Waals surface area contributed by atoms with E-state index < -0.39 is 0 Å². The van der Waals surface area contributed by atoms with Crippen LogP contribution in [0.1, 0.15) is 33.1 Å². The Labute approximate surface area is 156 Å². The molecule has 1 N–H and O–H groups in total. The van der Waals surface area contributed by atoms with Crippen molar-refractivity contribution in [3.05, 3.63) is 107 Å². The summed E-state index contributed by atoms with van der Waals surface area (Å²) < 4.78 is 13.3. The van der Waals surface area contributed by atoms with Crippen molar-refractivity contribution in [1.29, 1.82) is 0 Å². The molecular formula is C23H17FN2O. The maximum Gasteiger partial charge on any atom is 0.255 e. The van der Waals surface area contributed by atoms with Crippen LogP contribution in [0.25, 0.3) is 10.9 Å². The minimum atomic E-state index is -0.275. The van der Waals surface area contributed by atoms with Crippen molar-refractivity contribution >= 4 is 16.8 Å². The molecule has 1 aliphatic rings. The zero-order chi connectivity index (χ0) is 18.4. The molecular weight excluding hydrogens is 339 g/mol. The summed E-state index contributed by atoms with van der Waals surface area (Å²) >= 11 is 0. The summed E-state index contributed by atoms with van der Waals surface area (Å²) in [5, 5.41) is 1.11. The lowest BCUT2D eigenvalue weighted by Gasteiger charge is -2.25. The molecule has 5 rings (SSSR count). The lowest BCUT2D eigenvalue weighted by Crippen LogP contribution is -2.28. The van der Waals surface area contributed by atoms with E-state index in [-0.39, 0.29) is 17.8 Å². The summed E-state index contributed by atoms with van der Waals surface area (Å²) in [5.41, 5.74) is 4.77. The maximum atomic E-state index is 13.3. The first kappa shape index (κ1) is 15.8. The van der Waals surface area contributed by atoms with Crippen LogP contribution in [0.4, 0.5) is 4.39 Å². The van der Waals surface area contributed by atoms with Gasteiger partial charge >= 0.3 is 0 Å². The monoisotopic (exact) mass is 356 g/mol. The number of carbonyl (C=O) groups is 1. The van der Waals surface area contributed by atoms with Crippen molar-refractivity contribution in [3.63, 3.8) is 0 Å². The molecule has 0 radical (unpaired) electrons. The highest BCUT2D eigenvalue weighted by molar-refractivity contribution is 6.00. The predicted octanol–water partition coefficient (Wildman–Crippen LogP) is 5.05. The number of nitrogens with zero attached hydrogens (tertiary/aromatic N) is 1. The number of amides is 1. The summed E-state index contributed by atoms with van der Waals surface area (Å²) in [5.74, 6) is -0.270. The highest BCUT2D eigenvalue weighted by Gasteiger charge is 2.38. The first-order valence-electron chi connectivity index (χ1n) is 8.93. The molecule has 3 aromatic carbocycles. The van der Waals surface area contributed by atoms with Gasteiger partial charge in [0.2, 0.25) is 0 Å². The fraction of sp³-hybridized carbons (Fsp3) is 0.0870. The Kier molecular flexibility index (Phi) is 3.57. The van der Waals surface area contributed by atoms with Crippen molar-refractivity contribution in [1.82, 2.24) is 9.88 Å². The Morgan fingerprint density at radius 2 is 1.63 bits per heavy atom. The minimum absolute atomic E-state index is 0.00482. The van der Waals surface area contributed by atoms with Crippen LogP contribution in [0.2, 0.25) is 0 Å². The molecule has 132 valence electrons. The smallest absolute Gasteiger partial charge is 0.255 e. The van der Waals surface area contributed by atoms with Crippen molar-refractivity contribution in [2.75, 3.05) is 0 Å². The average Bonchev–Trinajstić information content (AvgIpc) is 3.23. The average molecular weight is 356 g/mol. The molecule has 3 nitrogen and oxygen atoms in total. The third kappa shape index (κ3) is 2.53. The van der Waals surface area contributed by atoms with E-state index in [0.29, 0.717) is 6.54 Å². The number of hydrogen-bond acceptors (Lipinski definition) is 1. The van der Waals surface area contributed by atoms with Gasteiger partial charge in [-0.1, -0.05) is 48.5 Å². The van der Waals surface area contributed by atoms with Crippen LogP contribution < -0.4 is 0 Å². The van der Waals surface area contributed by atoms with Gasteiger partial charge < -0.3 is 9.88 Å². The first-order chi connectivity index (χ1) is 13.2. The van der Waals surface area contributed by atoms with Crippen LogP contribution in [0, 0.1) is 5.82 Å².